The summed E-state index contributed by atoms with van der Waals surface area (Å²) >= 11 is 0. The van der Waals surface area contributed by atoms with Crippen molar-refractivity contribution in [1.82, 2.24) is 0 Å². The number of anilines is 1. The minimum atomic E-state index is -1.39. The van der Waals surface area contributed by atoms with Crippen LogP contribution in [0.4, 0.5) is 5.69 Å². The zero-order chi connectivity index (χ0) is 17.4. The zero-order valence-corrected chi connectivity index (χ0v) is 12.3. The number of amidine groups is 1. The summed E-state index contributed by atoms with van der Waals surface area (Å²) in [6, 6.07) is 8.43. The molecule has 1 unspecified atom stereocenters. The summed E-state index contributed by atoms with van der Waals surface area (Å²) in [6.07, 6.45) is 1.13. The Morgan fingerprint density at radius 3 is 2.46 bits per heavy atom. The molecule has 1 aliphatic heterocycles. The Bertz CT molecular complexity index is 869. The Labute approximate surface area is 135 Å². The van der Waals surface area contributed by atoms with E-state index in [0.29, 0.717) is 5.56 Å². The third kappa shape index (κ3) is 2.21. The molecular weight excluding hydrogens is 314 g/mol. The highest BCUT2D eigenvalue weighted by atomic mass is 16.4. The van der Waals surface area contributed by atoms with Gasteiger partial charge >= 0.3 is 5.97 Å². The molecule has 1 aromatic carbocycles. The predicted octanol–water partition coefficient (Wildman–Crippen LogP) is 1.60. The number of hydrogen-bond donors (Lipinski definition) is 4. The second-order valence-electron chi connectivity index (χ2n) is 5.09. The maximum atomic E-state index is 11.8. The van der Waals surface area contributed by atoms with Crippen LogP contribution in [0.25, 0.3) is 5.57 Å². The van der Waals surface area contributed by atoms with E-state index in [2.05, 4.69) is 0 Å². The predicted molar refractivity (Wildman–Crippen MR) is 84.8 cm³/mol. The van der Waals surface area contributed by atoms with Crippen LogP contribution in [0, 0.1) is 5.41 Å². The normalized spacial score (nSPS) is 17.4. The molecule has 0 saturated heterocycles. The standard InChI is InChI=1S/C16H13N3O5/c17-14-10(8-4-2-1-3-5-8)12(20)11(15(18)21)19(14)9-6-7-24-13(9)16(22)23/h1-7,11,17,20H,(H2,18,21)(H,22,23). The molecule has 1 amide bonds. The van der Waals surface area contributed by atoms with E-state index in [4.69, 9.17) is 15.6 Å². The van der Waals surface area contributed by atoms with Gasteiger partial charge in [-0.3, -0.25) is 10.2 Å². The van der Waals surface area contributed by atoms with Crippen molar-refractivity contribution in [3.05, 3.63) is 59.7 Å². The number of carboxylic acids is 1. The van der Waals surface area contributed by atoms with Crippen LogP contribution in [0.15, 0.2) is 52.8 Å². The maximum Gasteiger partial charge on any atom is 0.374 e. The van der Waals surface area contributed by atoms with Gasteiger partial charge in [0.15, 0.2) is 6.04 Å². The van der Waals surface area contributed by atoms with E-state index < -0.39 is 29.4 Å². The Kier molecular flexibility index (Phi) is 3.57. The van der Waals surface area contributed by atoms with Crippen LogP contribution in [0.1, 0.15) is 16.1 Å². The van der Waals surface area contributed by atoms with Crippen molar-refractivity contribution >= 4 is 29.0 Å². The molecule has 3 rings (SSSR count). The topological polar surface area (TPSA) is 141 Å². The largest absolute Gasteiger partial charge is 0.509 e. The van der Waals surface area contributed by atoms with Gasteiger partial charge in [0, 0.05) is 6.07 Å². The number of carboxylic acid groups (broad SMARTS) is 1. The number of nitrogens with two attached hydrogens (primary N) is 1. The SMILES string of the molecule is N=C1C(c2ccccc2)=C(O)C(C(N)=O)N1c1ccoc1C(=O)O. The second-order valence-corrected chi connectivity index (χ2v) is 5.09. The van der Waals surface area contributed by atoms with E-state index in [1.54, 1.807) is 30.3 Å². The van der Waals surface area contributed by atoms with E-state index >= 15 is 0 Å². The summed E-state index contributed by atoms with van der Waals surface area (Å²) in [5.74, 6) is -3.38. The van der Waals surface area contributed by atoms with E-state index in [-0.39, 0.29) is 17.1 Å². The number of furan rings is 1. The smallest absolute Gasteiger partial charge is 0.374 e. The lowest BCUT2D eigenvalue weighted by atomic mass is 10.0. The van der Waals surface area contributed by atoms with Crippen molar-refractivity contribution in [2.75, 3.05) is 4.90 Å². The number of nitrogens with one attached hydrogen (secondary N) is 1. The van der Waals surface area contributed by atoms with Crippen molar-refractivity contribution in [2.45, 2.75) is 6.04 Å². The van der Waals surface area contributed by atoms with E-state index in [1.165, 1.54) is 6.07 Å². The van der Waals surface area contributed by atoms with Crippen LogP contribution >= 0.6 is 0 Å². The summed E-state index contributed by atoms with van der Waals surface area (Å²) in [5.41, 5.74) is 5.95. The van der Waals surface area contributed by atoms with E-state index in [9.17, 15) is 19.8 Å². The number of amides is 1. The lowest BCUT2D eigenvalue weighted by Crippen LogP contribution is -2.45. The molecule has 8 heteroatoms. The molecule has 0 radical (unpaired) electrons. The minimum absolute atomic E-state index is 0.0335. The van der Waals surface area contributed by atoms with Crippen LogP contribution in [0.5, 0.6) is 0 Å². The quantitative estimate of drug-likeness (QED) is 0.672. The van der Waals surface area contributed by atoms with Crippen LogP contribution in [-0.2, 0) is 4.79 Å². The lowest BCUT2D eigenvalue weighted by Gasteiger charge is -2.23. The number of primary amides is 1. The minimum Gasteiger partial charge on any atom is -0.509 e. The number of aliphatic hydroxyl groups excluding tert-OH is 1. The summed E-state index contributed by atoms with van der Waals surface area (Å²) in [4.78, 5) is 24.2. The average molecular weight is 327 g/mol. The summed E-state index contributed by atoms with van der Waals surface area (Å²) < 4.78 is 4.90. The van der Waals surface area contributed by atoms with Gasteiger partial charge in [-0.25, -0.2) is 4.79 Å². The van der Waals surface area contributed by atoms with Gasteiger partial charge in [0.1, 0.15) is 11.6 Å². The van der Waals surface area contributed by atoms with E-state index in [0.717, 1.165) is 11.2 Å². The first kappa shape index (κ1) is 15.3. The zero-order valence-electron chi connectivity index (χ0n) is 12.3. The number of carbonyl (C=O) groups excluding carboxylic acids is 1. The number of aromatic carboxylic acids is 1. The molecule has 2 heterocycles. The van der Waals surface area contributed by atoms with Crippen molar-refractivity contribution in [2.24, 2.45) is 5.73 Å². The summed E-state index contributed by atoms with van der Waals surface area (Å²) in [7, 11) is 0. The molecule has 1 aliphatic rings. The molecule has 8 nitrogen and oxygen atoms in total. The Morgan fingerprint density at radius 1 is 1.21 bits per heavy atom. The highest BCUT2D eigenvalue weighted by Crippen LogP contribution is 2.37. The van der Waals surface area contributed by atoms with Gasteiger partial charge in [-0.2, -0.15) is 0 Å². The number of benzene rings is 1. The first-order valence-electron chi connectivity index (χ1n) is 6.90. The molecule has 24 heavy (non-hydrogen) atoms. The molecule has 0 fully saturated rings. The summed E-state index contributed by atoms with van der Waals surface area (Å²) in [5, 5.41) is 28.0. The number of hydrogen-bond acceptors (Lipinski definition) is 5. The fourth-order valence-corrected chi connectivity index (χ4v) is 2.69. The van der Waals surface area contributed by atoms with Gasteiger partial charge in [-0.15, -0.1) is 0 Å². The second kappa shape index (κ2) is 5.58. The van der Waals surface area contributed by atoms with Gasteiger partial charge in [-0.05, 0) is 5.56 Å². The first-order valence-corrected chi connectivity index (χ1v) is 6.90. The average Bonchev–Trinajstić information content (AvgIpc) is 3.10. The van der Waals surface area contributed by atoms with Crippen LogP contribution in [-0.4, -0.2) is 34.0 Å². The molecule has 0 bridgehead atoms. The van der Waals surface area contributed by atoms with Crippen LogP contribution in [0.2, 0.25) is 0 Å². The van der Waals surface area contributed by atoms with Gasteiger partial charge in [0.05, 0.1) is 17.5 Å². The molecular formula is C16H13N3O5. The number of nitrogens with zero attached hydrogens (tertiary/aromatic N) is 1. The van der Waals surface area contributed by atoms with Crippen molar-refractivity contribution in [1.29, 1.82) is 5.41 Å². The highest BCUT2D eigenvalue weighted by molar-refractivity contribution is 6.34. The van der Waals surface area contributed by atoms with Crippen LogP contribution in [0.3, 0.4) is 0 Å². The molecule has 2 aromatic rings. The summed E-state index contributed by atoms with van der Waals surface area (Å²) in [6.45, 7) is 0. The fraction of sp³-hybridized carbons (Fsp3) is 0.0625. The molecule has 5 N–H and O–H groups in total. The molecule has 1 aromatic heterocycles. The van der Waals surface area contributed by atoms with Crippen molar-refractivity contribution in [3.8, 4) is 0 Å². The maximum absolute atomic E-state index is 11.8. The third-order valence-corrected chi connectivity index (χ3v) is 3.68. The molecule has 122 valence electrons. The number of aliphatic hydroxyl groups is 1. The fourth-order valence-electron chi connectivity index (χ4n) is 2.69. The van der Waals surface area contributed by atoms with Crippen molar-refractivity contribution < 1.29 is 24.2 Å². The number of carbonyl (C=O) groups is 2. The highest BCUT2D eigenvalue weighted by Gasteiger charge is 2.43. The van der Waals surface area contributed by atoms with Crippen LogP contribution < -0.4 is 10.6 Å². The Morgan fingerprint density at radius 2 is 1.88 bits per heavy atom. The molecule has 0 spiro atoms. The number of rotatable bonds is 4. The third-order valence-electron chi connectivity index (χ3n) is 3.68. The Hall–Kier alpha value is -3.55. The molecule has 0 aliphatic carbocycles. The molecule has 0 saturated carbocycles. The first-order chi connectivity index (χ1) is 11.4. The molecule has 1 atom stereocenters. The van der Waals surface area contributed by atoms with Crippen molar-refractivity contribution in [3.63, 3.8) is 0 Å². The lowest BCUT2D eigenvalue weighted by molar-refractivity contribution is -0.118. The Balaban J connectivity index is 2.16. The van der Waals surface area contributed by atoms with Gasteiger partial charge in [-0.1, -0.05) is 30.3 Å². The van der Waals surface area contributed by atoms with E-state index in [1.807, 2.05) is 0 Å². The van der Waals surface area contributed by atoms with Gasteiger partial charge < -0.3 is 25.3 Å². The van der Waals surface area contributed by atoms with Gasteiger partial charge in [0.2, 0.25) is 11.7 Å². The van der Waals surface area contributed by atoms with Gasteiger partial charge in [0.25, 0.3) is 0 Å². The monoisotopic (exact) mass is 327 g/mol.